The van der Waals surface area contributed by atoms with E-state index in [1.807, 2.05) is 0 Å². The van der Waals surface area contributed by atoms with Crippen molar-refractivity contribution in [3.63, 3.8) is 0 Å². The van der Waals surface area contributed by atoms with Crippen LogP contribution in [0.4, 0.5) is 20.3 Å². The molecule has 98 valence electrons. The third kappa shape index (κ3) is 2.67. The van der Waals surface area contributed by atoms with Crippen molar-refractivity contribution in [2.75, 3.05) is 5.32 Å². The van der Waals surface area contributed by atoms with E-state index in [4.69, 9.17) is 5.11 Å². The molecule has 0 aliphatic rings. The average Bonchev–Trinajstić information content (AvgIpc) is 2.36. The normalized spacial score (nSPS) is 10.3. The number of hydrogen-bond donors (Lipinski definition) is 2. The van der Waals surface area contributed by atoms with Crippen molar-refractivity contribution in [3.05, 3.63) is 53.2 Å². The molecule has 0 saturated heterocycles. The first-order chi connectivity index (χ1) is 8.99. The molecule has 0 aliphatic heterocycles. The Kier molecular flexibility index (Phi) is 3.41. The highest BCUT2D eigenvalue weighted by atomic mass is 19.1. The van der Waals surface area contributed by atoms with Gasteiger partial charge < -0.3 is 10.4 Å². The van der Waals surface area contributed by atoms with Crippen molar-refractivity contribution in [2.45, 2.75) is 6.92 Å². The minimum absolute atomic E-state index is 0.256. The summed E-state index contributed by atoms with van der Waals surface area (Å²) in [6, 6.07) is 5.04. The van der Waals surface area contributed by atoms with Gasteiger partial charge in [-0.25, -0.2) is 18.6 Å². The first-order valence-corrected chi connectivity index (χ1v) is 5.40. The number of carboxylic acids is 1. The van der Waals surface area contributed by atoms with E-state index in [-0.39, 0.29) is 5.82 Å². The Morgan fingerprint density at radius 2 is 2.05 bits per heavy atom. The van der Waals surface area contributed by atoms with Gasteiger partial charge in [-0.3, -0.25) is 0 Å². The fraction of sp³-hybridized carbons (Fsp3) is 0.0769. The lowest BCUT2D eigenvalue weighted by molar-refractivity contribution is 0.0692. The van der Waals surface area contributed by atoms with Gasteiger partial charge >= 0.3 is 5.97 Å². The van der Waals surface area contributed by atoms with Gasteiger partial charge in [0.05, 0.1) is 0 Å². The summed E-state index contributed by atoms with van der Waals surface area (Å²) >= 11 is 0. The number of nitrogens with one attached hydrogen (secondary N) is 1. The van der Waals surface area contributed by atoms with E-state index in [1.54, 1.807) is 6.92 Å². The van der Waals surface area contributed by atoms with Gasteiger partial charge in [0, 0.05) is 11.9 Å². The number of benzene rings is 1. The summed E-state index contributed by atoms with van der Waals surface area (Å²) in [5.41, 5.74) is 0.517. The van der Waals surface area contributed by atoms with Crippen LogP contribution >= 0.6 is 0 Å². The van der Waals surface area contributed by atoms with Crippen molar-refractivity contribution in [2.24, 2.45) is 0 Å². The Labute approximate surface area is 107 Å². The van der Waals surface area contributed by atoms with Crippen molar-refractivity contribution in [1.82, 2.24) is 4.98 Å². The number of carboxylic acid groups (broad SMARTS) is 1. The highest BCUT2D eigenvalue weighted by Crippen LogP contribution is 2.23. The van der Waals surface area contributed by atoms with E-state index >= 15 is 0 Å². The molecule has 2 aromatic rings. The molecule has 2 N–H and O–H groups in total. The van der Waals surface area contributed by atoms with E-state index in [0.29, 0.717) is 11.3 Å². The van der Waals surface area contributed by atoms with E-state index in [9.17, 15) is 13.6 Å². The molecule has 0 unspecified atom stereocenters. The quantitative estimate of drug-likeness (QED) is 0.894. The summed E-state index contributed by atoms with van der Waals surface area (Å²) < 4.78 is 27.0. The van der Waals surface area contributed by atoms with Crippen molar-refractivity contribution in [1.29, 1.82) is 0 Å². The van der Waals surface area contributed by atoms with E-state index < -0.39 is 23.2 Å². The van der Waals surface area contributed by atoms with Crippen LogP contribution in [0.15, 0.2) is 30.5 Å². The molecule has 0 aliphatic carbocycles. The first kappa shape index (κ1) is 12.9. The summed E-state index contributed by atoms with van der Waals surface area (Å²) in [6.07, 6.45) is 1.17. The third-order valence-corrected chi connectivity index (χ3v) is 2.57. The predicted molar refractivity (Wildman–Crippen MR) is 65.6 cm³/mol. The molecule has 1 heterocycles. The van der Waals surface area contributed by atoms with Crippen molar-refractivity contribution in [3.8, 4) is 0 Å². The predicted octanol–water partition coefficient (Wildman–Crippen LogP) is 3.11. The smallest absolute Gasteiger partial charge is 0.338 e. The summed E-state index contributed by atoms with van der Waals surface area (Å²) in [5.74, 6) is -3.12. The van der Waals surface area contributed by atoms with Gasteiger partial charge in [-0.15, -0.1) is 0 Å². The lowest BCUT2D eigenvalue weighted by Crippen LogP contribution is -2.06. The molecule has 6 heteroatoms. The van der Waals surface area contributed by atoms with Crippen LogP contribution in [0, 0.1) is 18.6 Å². The molecule has 0 spiro atoms. The molecule has 0 radical (unpaired) electrons. The zero-order valence-electron chi connectivity index (χ0n) is 9.95. The van der Waals surface area contributed by atoms with E-state index in [1.165, 1.54) is 24.4 Å². The topological polar surface area (TPSA) is 62.2 Å². The van der Waals surface area contributed by atoms with Crippen molar-refractivity contribution >= 4 is 17.5 Å². The van der Waals surface area contributed by atoms with Crippen LogP contribution in [-0.2, 0) is 0 Å². The van der Waals surface area contributed by atoms with Crippen LogP contribution in [0.25, 0.3) is 0 Å². The standard InChI is InChI=1S/C13H10F2N2O2/c1-7-2-3-8(14)6-10(7)17-12-11(15)9(13(18)19)4-5-16-12/h2-6H,1H3,(H,16,17)(H,18,19). The zero-order chi connectivity index (χ0) is 14.0. The number of anilines is 2. The fourth-order valence-corrected chi connectivity index (χ4v) is 1.55. The lowest BCUT2D eigenvalue weighted by Gasteiger charge is -2.10. The first-order valence-electron chi connectivity index (χ1n) is 5.40. The second-order valence-corrected chi connectivity index (χ2v) is 3.91. The Bertz CT molecular complexity index is 645. The summed E-state index contributed by atoms with van der Waals surface area (Å²) in [4.78, 5) is 14.5. The number of aromatic nitrogens is 1. The summed E-state index contributed by atoms with van der Waals surface area (Å²) in [6.45, 7) is 1.71. The highest BCUT2D eigenvalue weighted by molar-refractivity contribution is 5.89. The Balaban J connectivity index is 2.41. The number of aryl methyl sites for hydroxylation is 1. The highest BCUT2D eigenvalue weighted by Gasteiger charge is 2.15. The molecule has 0 bridgehead atoms. The van der Waals surface area contributed by atoms with Crippen LogP contribution in [0.5, 0.6) is 0 Å². The van der Waals surface area contributed by atoms with Crippen LogP contribution in [0.1, 0.15) is 15.9 Å². The second-order valence-electron chi connectivity index (χ2n) is 3.91. The SMILES string of the molecule is Cc1ccc(F)cc1Nc1nccc(C(=O)O)c1F. The average molecular weight is 264 g/mol. The number of pyridine rings is 1. The van der Waals surface area contributed by atoms with Crippen LogP contribution in [0.3, 0.4) is 0 Å². The third-order valence-electron chi connectivity index (χ3n) is 2.57. The summed E-state index contributed by atoms with van der Waals surface area (Å²) in [5, 5.41) is 11.4. The molecular weight excluding hydrogens is 254 g/mol. The van der Waals surface area contributed by atoms with Crippen LogP contribution in [0.2, 0.25) is 0 Å². The van der Waals surface area contributed by atoms with Gasteiger partial charge in [0.15, 0.2) is 11.6 Å². The molecule has 0 atom stereocenters. The zero-order valence-corrected chi connectivity index (χ0v) is 9.95. The molecule has 19 heavy (non-hydrogen) atoms. The van der Waals surface area contributed by atoms with Gasteiger partial charge in [-0.05, 0) is 30.7 Å². The molecule has 1 aromatic heterocycles. The largest absolute Gasteiger partial charge is 0.478 e. The lowest BCUT2D eigenvalue weighted by atomic mass is 10.2. The van der Waals surface area contributed by atoms with Gasteiger partial charge in [-0.2, -0.15) is 0 Å². The van der Waals surface area contributed by atoms with E-state index in [2.05, 4.69) is 10.3 Å². The van der Waals surface area contributed by atoms with Gasteiger partial charge in [0.25, 0.3) is 0 Å². The molecular formula is C13H10F2N2O2. The second kappa shape index (κ2) is 5.01. The van der Waals surface area contributed by atoms with E-state index in [0.717, 1.165) is 6.07 Å². The Morgan fingerprint density at radius 1 is 1.32 bits per heavy atom. The summed E-state index contributed by atoms with van der Waals surface area (Å²) in [7, 11) is 0. The van der Waals surface area contributed by atoms with Gasteiger partial charge in [-0.1, -0.05) is 6.07 Å². The van der Waals surface area contributed by atoms with Gasteiger partial charge in [0.1, 0.15) is 11.4 Å². The Morgan fingerprint density at radius 3 is 2.74 bits per heavy atom. The number of hydrogen-bond acceptors (Lipinski definition) is 3. The Hall–Kier alpha value is -2.50. The maximum absolute atomic E-state index is 13.8. The van der Waals surface area contributed by atoms with Crippen LogP contribution in [-0.4, -0.2) is 16.1 Å². The monoisotopic (exact) mass is 264 g/mol. The molecule has 2 rings (SSSR count). The van der Waals surface area contributed by atoms with Crippen LogP contribution < -0.4 is 5.32 Å². The van der Waals surface area contributed by atoms with Crippen molar-refractivity contribution < 1.29 is 18.7 Å². The minimum atomic E-state index is -1.39. The molecule has 4 nitrogen and oxygen atoms in total. The maximum atomic E-state index is 13.8. The number of aromatic carboxylic acids is 1. The minimum Gasteiger partial charge on any atom is -0.478 e. The fourth-order valence-electron chi connectivity index (χ4n) is 1.55. The molecule has 0 amide bonds. The number of halogens is 2. The molecule has 0 fully saturated rings. The van der Waals surface area contributed by atoms with Gasteiger partial charge in [0.2, 0.25) is 0 Å². The maximum Gasteiger partial charge on any atom is 0.338 e. The number of carbonyl (C=O) groups is 1. The molecule has 0 saturated carbocycles. The molecule has 1 aromatic carbocycles. The number of rotatable bonds is 3. The number of nitrogens with zero attached hydrogens (tertiary/aromatic N) is 1.